The van der Waals surface area contributed by atoms with Crippen LogP contribution in [0.1, 0.15) is 16.8 Å². The van der Waals surface area contributed by atoms with E-state index in [0.29, 0.717) is 0 Å². The first-order chi connectivity index (χ1) is 9.84. The number of fused-ring (bicyclic) bond motifs is 1. The van der Waals surface area contributed by atoms with E-state index in [9.17, 15) is 0 Å². The average Bonchev–Trinajstić information content (AvgIpc) is 2.73. The third-order valence-corrected chi connectivity index (χ3v) is 5.05. The summed E-state index contributed by atoms with van der Waals surface area (Å²) < 4.78 is 0. The molecule has 1 aromatic heterocycles. The van der Waals surface area contributed by atoms with Crippen molar-refractivity contribution in [2.75, 3.05) is 13.1 Å². The second-order valence-electron chi connectivity index (χ2n) is 4.77. The molecule has 0 saturated heterocycles. The number of rotatable bonds is 3. The molecule has 1 N–H and O–H groups in total. The van der Waals surface area contributed by atoms with Crippen molar-refractivity contribution in [2.45, 2.75) is 23.5 Å². The zero-order valence-electron chi connectivity index (χ0n) is 11.1. The summed E-state index contributed by atoms with van der Waals surface area (Å²) in [6, 6.07) is 8.10. The van der Waals surface area contributed by atoms with E-state index in [4.69, 9.17) is 11.6 Å². The monoisotopic (exact) mass is 305 g/mol. The molecule has 0 saturated carbocycles. The van der Waals surface area contributed by atoms with Gasteiger partial charge in [-0.2, -0.15) is 10.2 Å². The van der Waals surface area contributed by atoms with Crippen LogP contribution in [0.4, 0.5) is 0 Å². The van der Waals surface area contributed by atoms with Gasteiger partial charge in [0, 0.05) is 16.8 Å². The van der Waals surface area contributed by atoms with Gasteiger partial charge in [0.05, 0.1) is 10.7 Å². The summed E-state index contributed by atoms with van der Waals surface area (Å²) in [4.78, 5) is 1.21. The lowest BCUT2D eigenvalue weighted by Gasteiger charge is -2.13. The molecule has 0 aliphatic carbocycles. The van der Waals surface area contributed by atoms with Crippen LogP contribution >= 0.6 is 23.4 Å². The summed E-state index contributed by atoms with van der Waals surface area (Å²) in [6.45, 7) is 2.06. The Hall–Kier alpha value is -1.10. The van der Waals surface area contributed by atoms with Crippen LogP contribution in [0.15, 0.2) is 35.4 Å². The van der Waals surface area contributed by atoms with Crippen LogP contribution in [-0.4, -0.2) is 23.3 Å². The van der Waals surface area contributed by atoms with Crippen molar-refractivity contribution in [1.29, 1.82) is 0 Å². The number of halogens is 1. The van der Waals surface area contributed by atoms with E-state index < -0.39 is 0 Å². The average molecular weight is 306 g/mol. The van der Waals surface area contributed by atoms with Crippen molar-refractivity contribution >= 4 is 23.4 Å². The van der Waals surface area contributed by atoms with Crippen molar-refractivity contribution in [3.63, 3.8) is 0 Å². The summed E-state index contributed by atoms with van der Waals surface area (Å²) in [5.74, 6) is 0.803. The number of nitrogens with zero attached hydrogens (tertiary/aromatic N) is 2. The third-order valence-electron chi connectivity index (χ3n) is 3.42. The highest BCUT2D eigenvalue weighted by Crippen LogP contribution is 2.35. The van der Waals surface area contributed by atoms with Gasteiger partial charge in [0.1, 0.15) is 0 Å². The molecule has 0 unspecified atom stereocenters. The number of hydrogen-bond acceptors (Lipinski definition) is 4. The molecule has 0 radical (unpaired) electrons. The Balaban J connectivity index is 1.85. The van der Waals surface area contributed by atoms with Crippen molar-refractivity contribution in [3.05, 3.63) is 52.3 Å². The SMILES string of the molecule is Clc1ccc2c(c1SCc1cccnn1)CCNCC2. The molecule has 1 aliphatic heterocycles. The summed E-state index contributed by atoms with van der Waals surface area (Å²) in [5.41, 5.74) is 3.80. The van der Waals surface area contributed by atoms with Gasteiger partial charge in [-0.05, 0) is 55.3 Å². The van der Waals surface area contributed by atoms with E-state index in [1.165, 1.54) is 16.0 Å². The molecule has 0 atom stereocenters. The minimum atomic E-state index is 0.803. The van der Waals surface area contributed by atoms with Gasteiger partial charge in [-0.15, -0.1) is 11.8 Å². The van der Waals surface area contributed by atoms with E-state index in [1.807, 2.05) is 18.2 Å². The molecule has 0 spiro atoms. The molecule has 0 amide bonds. The first-order valence-corrected chi connectivity index (χ1v) is 8.11. The summed E-state index contributed by atoms with van der Waals surface area (Å²) in [7, 11) is 0. The van der Waals surface area contributed by atoms with Gasteiger partial charge >= 0.3 is 0 Å². The number of aromatic nitrogens is 2. The predicted molar refractivity (Wildman–Crippen MR) is 83.3 cm³/mol. The normalized spacial score (nSPS) is 14.7. The largest absolute Gasteiger partial charge is 0.316 e. The third kappa shape index (κ3) is 3.14. The number of thioether (sulfide) groups is 1. The van der Waals surface area contributed by atoms with Crippen molar-refractivity contribution in [1.82, 2.24) is 15.5 Å². The van der Waals surface area contributed by atoms with Gasteiger partial charge < -0.3 is 5.32 Å². The number of hydrogen-bond donors (Lipinski definition) is 1. The molecule has 0 bridgehead atoms. The van der Waals surface area contributed by atoms with E-state index in [2.05, 4.69) is 21.6 Å². The highest BCUT2D eigenvalue weighted by molar-refractivity contribution is 7.98. The second-order valence-corrected chi connectivity index (χ2v) is 6.16. The summed E-state index contributed by atoms with van der Waals surface area (Å²) >= 11 is 8.17. The van der Waals surface area contributed by atoms with Crippen LogP contribution in [0.5, 0.6) is 0 Å². The van der Waals surface area contributed by atoms with Crippen LogP contribution in [-0.2, 0) is 18.6 Å². The molecular weight excluding hydrogens is 290 g/mol. The Morgan fingerprint density at radius 2 is 2.10 bits per heavy atom. The Kier molecular flexibility index (Phi) is 4.55. The maximum atomic E-state index is 6.40. The smallest absolute Gasteiger partial charge is 0.0733 e. The summed E-state index contributed by atoms with van der Waals surface area (Å²) in [6.07, 6.45) is 3.81. The van der Waals surface area contributed by atoms with Crippen molar-refractivity contribution in [2.24, 2.45) is 0 Å². The number of nitrogens with one attached hydrogen (secondary N) is 1. The highest BCUT2D eigenvalue weighted by Gasteiger charge is 2.15. The Morgan fingerprint density at radius 1 is 1.20 bits per heavy atom. The fraction of sp³-hybridized carbons (Fsp3) is 0.333. The molecular formula is C15H16ClN3S. The molecule has 1 aromatic carbocycles. The van der Waals surface area contributed by atoms with Gasteiger partial charge in [0.15, 0.2) is 0 Å². The second kappa shape index (κ2) is 6.57. The lowest BCUT2D eigenvalue weighted by molar-refractivity contribution is 0.709. The van der Waals surface area contributed by atoms with Crippen molar-refractivity contribution in [3.8, 4) is 0 Å². The maximum Gasteiger partial charge on any atom is 0.0733 e. The van der Waals surface area contributed by atoms with Gasteiger partial charge in [0.25, 0.3) is 0 Å². The van der Waals surface area contributed by atoms with Crippen molar-refractivity contribution < 1.29 is 0 Å². The fourth-order valence-corrected chi connectivity index (χ4v) is 3.82. The molecule has 3 rings (SSSR count). The molecule has 1 aliphatic rings. The van der Waals surface area contributed by atoms with Crippen LogP contribution in [0, 0.1) is 0 Å². The van der Waals surface area contributed by atoms with Crippen LogP contribution in [0.2, 0.25) is 5.02 Å². The topological polar surface area (TPSA) is 37.8 Å². The quantitative estimate of drug-likeness (QED) is 0.884. The van der Waals surface area contributed by atoms with Crippen LogP contribution in [0.25, 0.3) is 0 Å². The van der Waals surface area contributed by atoms with Gasteiger partial charge in [0.2, 0.25) is 0 Å². The lowest BCUT2D eigenvalue weighted by atomic mass is 10.0. The molecule has 2 heterocycles. The summed E-state index contributed by atoms with van der Waals surface area (Å²) in [5, 5.41) is 12.3. The van der Waals surface area contributed by atoms with Crippen LogP contribution in [0.3, 0.4) is 0 Å². The first-order valence-electron chi connectivity index (χ1n) is 6.75. The first kappa shape index (κ1) is 13.9. The molecule has 5 heteroatoms. The van der Waals surface area contributed by atoms with Crippen LogP contribution < -0.4 is 5.32 Å². The number of benzene rings is 1. The van der Waals surface area contributed by atoms with E-state index in [0.717, 1.165) is 42.4 Å². The lowest BCUT2D eigenvalue weighted by Crippen LogP contribution is -2.16. The molecule has 2 aromatic rings. The standard InChI is InChI=1S/C15H16ClN3S/c16-14-4-3-11-5-8-17-9-6-13(11)15(14)20-10-12-2-1-7-18-19-12/h1-4,7,17H,5-6,8-10H2. The zero-order valence-corrected chi connectivity index (χ0v) is 12.7. The van der Waals surface area contributed by atoms with Gasteiger partial charge in [-0.1, -0.05) is 17.7 Å². The van der Waals surface area contributed by atoms with Gasteiger partial charge in [-0.3, -0.25) is 0 Å². The zero-order chi connectivity index (χ0) is 13.8. The minimum absolute atomic E-state index is 0.803. The minimum Gasteiger partial charge on any atom is -0.316 e. The van der Waals surface area contributed by atoms with E-state index in [-0.39, 0.29) is 0 Å². The molecule has 20 heavy (non-hydrogen) atoms. The molecule has 0 fully saturated rings. The van der Waals surface area contributed by atoms with E-state index >= 15 is 0 Å². The Bertz CT molecular complexity index is 589. The Labute approximate surface area is 128 Å². The fourth-order valence-electron chi connectivity index (χ4n) is 2.42. The predicted octanol–water partition coefficient (Wildman–Crippen LogP) is 3.11. The molecule has 3 nitrogen and oxygen atoms in total. The van der Waals surface area contributed by atoms with Gasteiger partial charge in [-0.25, -0.2) is 0 Å². The highest BCUT2D eigenvalue weighted by atomic mass is 35.5. The molecule has 104 valence electrons. The maximum absolute atomic E-state index is 6.40. The Morgan fingerprint density at radius 3 is 2.95 bits per heavy atom. The van der Waals surface area contributed by atoms with E-state index in [1.54, 1.807) is 18.0 Å².